The Morgan fingerprint density at radius 2 is 2.20 bits per heavy atom. The summed E-state index contributed by atoms with van der Waals surface area (Å²) in [6.45, 7) is 0.282. The first-order valence-corrected chi connectivity index (χ1v) is 7.31. The van der Waals surface area contributed by atoms with Crippen molar-refractivity contribution in [1.82, 2.24) is 9.88 Å². The van der Waals surface area contributed by atoms with E-state index >= 15 is 0 Å². The molecule has 0 aliphatic rings. The zero-order chi connectivity index (χ0) is 14.6. The van der Waals surface area contributed by atoms with E-state index in [0.29, 0.717) is 11.3 Å². The standard InChI is InChI=1S/C12H15N3O4S/c1-18-11-3-2-9(7-13)6-12(11)20(16,17)14-8-10-4-5-19-15-10/h2-6,14H,7-8,13H2,1H3. The predicted octanol–water partition coefficient (Wildman–Crippen LogP) is 0.620. The highest BCUT2D eigenvalue weighted by molar-refractivity contribution is 7.89. The zero-order valence-electron chi connectivity index (χ0n) is 10.9. The van der Waals surface area contributed by atoms with Crippen molar-refractivity contribution < 1.29 is 17.7 Å². The molecule has 0 aliphatic carbocycles. The van der Waals surface area contributed by atoms with Crippen LogP contribution >= 0.6 is 0 Å². The first-order valence-electron chi connectivity index (χ1n) is 5.82. The molecule has 7 nitrogen and oxygen atoms in total. The van der Waals surface area contributed by atoms with Crippen LogP contribution in [0, 0.1) is 0 Å². The quantitative estimate of drug-likeness (QED) is 0.809. The van der Waals surface area contributed by atoms with E-state index in [1.54, 1.807) is 18.2 Å². The molecule has 0 radical (unpaired) electrons. The maximum Gasteiger partial charge on any atom is 0.244 e. The van der Waals surface area contributed by atoms with Gasteiger partial charge in [-0.1, -0.05) is 11.2 Å². The van der Waals surface area contributed by atoms with Crippen LogP contribution in [0.25, 0.3) is 0 Å². The summed E-state index contributed by atoms with van der Waals surface area (Å²) in [6, 6.07) is 6.36. The van der Waals surface area contributed by atoms with Crippen LogP contribution in [-0.4, -0.2) is 20.7 Å². The van der Waals surface area contributed by atoms with Gasteiger partial charge in [0.1, 0.15) is 16.9 Å². The molecule has 20 heavy (non-hydrogen) atoms. The van der Waals surface area contributed by atoms with Gasteiger partial charge in [-0.2, -0.15) is 0 Å². The molecule has 1 heterocycles. The highest BCUT2D eigenvalue weighted by atomic mass is 32.2. The van der Waals surface area contributed by atoms with Crippen LogP contribution in [0.5, 0.6) is 5.75 Å². The summed E-state index contributed by atoms with van der Waals surface area (Å²) in [6.07, 6.45) is 1.37. The number of hydrogen-bond donors (Lipinski definition) is 2. The van der Waals surface area contributed by atoms with E-state index in [1.165, 1.54) is 19.4 Å². The third-order valence-corrected chi connectivity index (χ3v) is 4.11. The molecule has 0 unspecified atom stereocenters. The SMILES string of the molecule is COc1ccc(CN)cc1S(=O)(=O)NCc1ccon1. The molecule has 3 N–H and O–H groups in total. The van der Waals surface area contributed by atoms with Crippen molar-refractivity contribution in [1.29, 1.82) is 0 Å². The maximum absolute atomic E-state index is 12.3. The fourth-order valence-electron chi connectivity index (χ4n) is 1.63. The number of nitrogens with one attached hydrogen (secondary N) is 1. The second kappa shape index (κ2) is 6.04. The van der Waals surface area contributed by atoms with Crippen LogP contribution in [0.1, 0.15) is 11.3 Å². The highest BCUT2D eigenvalue weighted by Gasteiger charge is 2.20. The van der Waals surface area contributed by atoms with Gasteiger partial charge in [-0.05, 0) is 17.7 Å². The molecular formula is C12H15N3O4S. The maximum atomic E-state index is 12.3. The minimum absolute atomic E-state index is 0.0365. The third kappa shape index (κ3) is 3.16. The molecule has 0 saturated carbocycles. The largest absolute Gasteiger partial charge is 0.495 e. The van der Waals surface area contributed by atoms with E-state index in [-0.39, 0.29) is 23.7 Å². The summed E-state index contributed by atoms with van der Waals surface area (Å²) >= 11 is 0. The van der Waals surface area contributed by atoms with Gasteiger partial charge in [-0.25, -0.2) is 13.1 Å². The Morgan fingerprint density at radius 3 is 2.80 bits per heavy atom. The Kier molecular flexibility index (Phi) is 4.38. The predicted molar refractivity (Wildman–Crippen MR) is 71.4 cm³/mol. The number of nitrogens with two attached hydrogens (primary N) is 1. The molecule has 0 spiro atoms. The molecule has 8 heteroatoms. The van der Waals surface area contributed by atoms with Crippen LogP contribution in [-0.2, 0) is 23.1 Å². The van der Waals surface area contributed by atoms with E-state index in [4.69, 9.17) is 10.5 Å². The first-order chi connectivity index (χ1) is 9.56. The molecule has 0 atom stereocenters. The third-order valence-electron chi connectivity index (χ3n) is 2.69. The monoisotopic (exact) mass is 297 g/mol. The lowest BCUT2D eigenvalue weighted by Gasteiger charge is -2.11. The van der Waals surface area contributed by atoms with Gasteiger partial charge in [0.05, 0.1) is 19.3 Å². The van der Waals surface area contributed by atoms with Crippen molar-refractivity contribution in [3.63, 3.8) is 0 Å². The van der Waals surface area contributed by atoms with Gasteiger partial charge in [-0.3, -0.25) is 0 Å². The Morgan fingerprint density at radius 1 is 1.40 bits per heavy atom. The lowest BCUT2D eigenvalue weighted by atomic mass is 10.2. The van der Waals surface area contributed by atoms with Crippen molar-refractivity contribution in [2.24, 2.45) is 5.73 Å². The van der Waals surface area contributed by atoms with E-state index in [2.05, 4.69) is 14.4 Å². The minimum Gasteiger partial charge on any atom is -0.495 e. The Labute approximate surface area is 116 Å². The lowest BCUT2D eigenvalue weighted by Crippen LogP contribution is -2.24. The fourth-order valence-corrected chi connectivity index (χ4v) is 2.85. The summed E-state index contributed by atoms with van der Waals surface area (Å²) < 4.78 is 36.7. The molecule has 2 aromatic rings. The van der Waals surface area contributed by atoms with Gasteiger partial charge in [0.2, 0.25) is 10.0 Å². The van der Waals surface area contributed by atoms with Crippen LogP contribution in [0.15, 0.2) is 39.9 Å². The number of ether oxygens (including phenoxy) is 1. The highest BCUT2D eigenvalue weighted by Crippen LogP contribution is 2.24. The number of nitrogens with zero attached hydrogens (tertiary/aromatic N) is 1. The normalized spacial score (nSPS) is 11.5. The second-order valence-corrected chi connectivity index (χ2v) is 5.74. The van der Waals surface area contributed by atoms with E-state index < -0.39 is 10.0 Å². The Hall–Kier alpha value is -1.90. The van der Waals surface area contributed by atoms with Crippen molar-refractivity contribution >= 4 is 10.0 Å². The van der Waals surface area contributed by atoms with Gasteiger partial charge in [0.15, 0.2) is 0 Å². The van der Waals surface area contributed by atoms with E-state index in [1.807, 2.05) is 0 Å². The van der Waals surface area contributed by atoms with Crippen LogP contribution in [0.4, 0.5) is 0 Å². The van der Waals surface area contributed by atoms with Gasteiger partial charge >= 0.3 is 0 Å². The van der Waals surface area contributed by atoms with Gasteiger partial charge < -0.3 is 15.0 Å². The van der Waals surface area contributed by atoms with Crippen LogP contribution in [0.3, 0.4) is 0 Å². The topological polar surface area (TPSA) is 107 Å². The van der Waals surface area contributed by atoms with Crippen molar-refractivity contribution in [3.05, 3.63) is 41.8 Å². The van der Waals surface area contributed by atoms with Crippen molar-refractivity contribution in [2.45, 2.75) is 18.0 Å². The summed E-state index contributed by atoms with van der Waals surface area (Å²) in [4.78, 5) is 0.0476. The number of hydrogen-bond acceptors (Lipinski definition) is 6. The molecule has 0 saturated heterocycles. The minimum atomic E-state index is -3.72. The Bertz CT molecular complexity index is 668. The lowest BCUT2D eigenvalue weighted by molar-refractivity contribution is 0.401. The molecule has 1 aromatic carbocycles. The summed E-state index contributed by atoms with van der Waals surface area (Å²) in [5, 5.41) is 3.64. The van der Waals surface area contributed by atoms with Gasteiger partial charge in [0.25, 0.3) is 0 Å². The van der Waals surface area contributed by atoms with Crippen molar-refractivity contribution in [2.75, 3.05) is 7.11 Å². The molecule has 108 valence electrons. The van der Waals surface area contributed by atoms with Gasteiger partial charge in [0, 0.05) is 12.6 Å². The van der Waals surface area contributed by atoms with Crippen molar-refractivity contribution in [3.8, 4) is 5.75 Å². The average Bonchev–Trinajstić information content (AvgIpc) is 2.98. The zero-order valence-corrected chi connectivity index (χ0v) is 11.7. The molecule has 2 rings (SSSR count). The van der Waals surface area contributed by atoms with Crippen LogP contribution in [0.2, 0.25) is 0 Å². The fraction of sp³-hybridized carbons (Fsp3) is 0.250. The molecule has 0 bridgehead atoms. The van der Waals surface area contributed by atoms with Gasteiger partial charge in [-0.15, -0.1) is 0 Å². The average molecular weight is 297 g/mol. The smallest absolute Gasteiger partial charge is 0.244 e. The first kappa shape index (κ1) is 14.5. The summed E-state index contributed by atoms with van der Waals surface area (Å²) in [5.74, 6) is 0.259. The second-order valence-electron chi connectivity index (χ2n) is 4.00. The Balaban J connectivity index is 2.28. The molecular weight excluding hydrogens is 282 g/mol. The molecule has 1 aromatic heterocycles. The number of sulfonamides is 1. The summed E-state index contributed by atoms with van der Waals surface area (Å²) in [7, 11) is -2.31. The molecule has 0 amide bonds. The van der Waals surface area contributed by atoms with E-state index in [0.717, 1.165) is 0 Å². The molecule has 0 aliphatic heterocycles. The molecule has 0 fully saturated rings. The number of benzene rings is 1. The number of aromatic nitrogens is 1. The summed E-state index contributed by atoms with van der Waals surface area (Å²) in [5.41, 5.74) is 6.72. The van der Waals surface area contributed by atoms with Crippen LogP contribution < -0.4 is 15.2 Å². The van der Waals surface area contributed by atoms with E-state index in [9.17, 15) is 8.42 Å². The number of methoxy groups -OCH3 is 1. The number of rotatable bonds is 6.